The third kappa shape index (κ3) is 6.23. The standard InChI is InChI=1S/C43H34N4O.Pt/c1-30-17-20-39(38(25-30)31-11-6-5-7-12-31)46-24-23-45(29-46)33-13-10-14-34(27-33)48-35-18-19-37-36-15-8-9-16-40(36)47(41(37)28-35)42-26-32(21-22-44-42)43(2,3)4;/h5-26H,1-4H3;/q-2;. The summed E-state index contributed by atoms with van der Waals surface area (Å²) in [5.74, 6) is 2.05. The van der Waals surface area contributed by atoms with E-state index in [0.717, 1.165) is 50.1 Å². The molecule has 0 fully saturated rings. The zero-order valence-corrected chi connectivity index (χ0v) is 30.0. The van der Waals surface area contributed by atoms with Gasteiger partial charge in [0.15, 0.2) is 0 Å². The van der Waals surface area contributed by atoms with E-state index >= 15 is 0 Å². The quantitative estimate of drug-likeness (QED) is 0.124. The van der Waals surface area contributed by atoms with E-state index in [2.05, 4.69) is 136 Å². The Morgan fingerprint density at radius 1 is 0.755 bits per heavy atom. The van der Waals surface area contributed by atoms with Crippen LogP contribution in [0.1, 0.15) is 31.9 Å². The van der Waals surface area contributed by atoms with Crippen LogP contribution in [0.4, 0.5) is 0 Å². The summed E-state index contributed by atoms with van der Waals surface area (Å²) in [7, 11) is 0. The van der Waals surface area contributed by atoms with Crippen LogP contribution in [-0.2, 0) is 26.5 Å². The maximum absolute atomic E-state index is 6.42. The monoisotopic (exact) mass is 817 g/mol. The Hall–Kier alpha value is -5.25. The van der Waals surface area contributed by atoms with Crippen LogP contribution >= 0.6 is 0 Å². The van der Waals surface area contributed by atoms with Gasteiger partial charge in [-0.2, -0.15) is 18.2 Å². The van der Waals surface area contributed by atoms with E-state index < -0.39 is 0 Å². The Bertz CT molecular complexity index is 2440. The minimum atomic E-state index is -0.00394. The van der Waals surface area contributed by atoms with Crippen molar-refractivity contribution in [2.45, 2.75) is 33.1 Å². The van der Waals surface area contributed by atoms with Gasteiger partial charge in [-0.1, -0.05) is 92.5 Å². The summed E-state index contributed by atoms with van der Waals surface area (Å²) in [5, 5.41) is 2.24. The van der Waals surface area contributed by atoms with Crippen LogP contribution in [0.25, 0.3) is 50.1 Å². The van der Waals surface area contributed by atoms with Gasteiger partial charge in [-0.3, -0.25) is 4.57 Å². The fourth-order valence-corrected chi connectivity index (χ4v) is 6.23. The molecule has 0 aliphatic carbocycles. The van der Waals surface area contributed by atoms with Crippen LogP contribution in [0.15, 0.2) is 134 Å². The fraction of sp³-hybridized carbons (Fsp3) is 0.116. The fourth-order valence-electron chi connectivity index (χ4n) is 6.23. The third-order valence-corrected chi connectivity index (χ3v) is 8.71. The van der Waals surface area contributed by atoms with Crippen LogP contribution in [0, 0.1) is 25.4 Å². The van der Waals surface area contributed by atoms with E-state index in [1.807, 2.05) is 58.1 Å². The summed E-state index contributed by atoms with van der Waals surface area (Å²) in [4.78, 5) is 4.79. The van der Waals surface area contributed by atoms with E-state index in [4.69, 9.17) is 9.72 Å². The second-order valence-electron chi connectivity index (χ2n) is 13.1. The van der Waals surface area contributed by atoms with Crippen LogP contribution in [0.3, 0.4) is 0 Å². The van der Waals surface area contributed by atoms with Gasteiger partial charge >= 0.3 is 0 Å². The second kappa shape index (κ2) is 13.0. The number of para-hydroxylation sites is 1. The number of hydrogen-bond donors (Lipinski definition) is 0. The first-order valence-electron chi connectivity index (χ1n) is 16.1. The second-order valence-corrected chi connectivity index (χ2v) is 13.1. The molecule has 8 rings (SSSR count). The molecule has 5 nitrogen and oxygen atoms in total. The van der Waals surface area contributed by atoms with Gasteiger partial charge in [0.2, 0.25) is 0 Å². The Morgan fingerprint density at radius 3 is 2.39 bits per heavy atom. The molecule has 0 radical (unpaired) electrons. The first kappa shape index (κ1) is 32.3. The Kier molecular flexibility index (Phi) is 8.56. The molecule has 0 amide bonds. The molecule has 8 aromatic rings. The summed E-state index contributed by atoms with van der Waals surface area (Å²) in [5.41, 5.74) is 8.60. The van der Waals surface area contributed by atoms with Crippen molar-refractivity contribution < 1.29 is 30.4 Å². The Labute approximate surface area is 301 Å². The van der Waals surface area contributed by atoms with Crippen LogP contribution < -0.4 is 9.30 Å². The number of nitrogens with zero attached hydrogens (tertiary/aromatic N) is 4. The summed E-state index contributed by atoms with van der Waals surface area (Å²) >= 11 is 0. The number of hydrogen-bond acceptors (Lipinski definition) is 2. The number of aromatic nitrogens is 4. The van der Waals surface area contributed by atoms with E-state index in [1.165, 1.54) is 11.1 Å². The predicted octanol–water partition coefficient (Wildman–Crippen LogP) is 9.71. The Balaban J connectivity index is 0.00000378. The van der Waals surface area contributed by atoms with Crippen LogP contribution in [0.5, 0.6) is 11.5 Å². The van der Waals surface area contributed by atoms with Crippen LogP contribution in [-0.4, -0.2) is 14.1 Å². The minimum Gasteiger partial charge on any atom is -0.510 e. The number of benzene rings is 5. The van der Waals surface area contributed by atoms with E-state index in [9.17, 15) is 0 Å². The molecule has 3 aromatic heterocycles. The van der Waals surface area contributed by atoms with Crippen molar-refractivity contribution >= 4 is 21.8 Å². The average Bonchev–Trinajstić information content (AvgIpc) is 3.72. The zero-order chi connectivity index (χ0) is 32.8. The van der Waals surface area contributed by atoms with Gasteiger partial charge in [0, 0.05) is 56.7 Å². The van der Waals surface area contributed by atoms with Crippen molar-refractivity contribution in [1.29, 1.82) is 0 Å². The summed E-state index contributed by atoms with van der Waals surface area (Å²) in [6, 6.07) is 46.5. The molecule has 244 valence electrons. The number of fused-ring (bicyclic) bond motifs is 3. The van der Waals surface area contributed by atoms with E-state index in [-0.39, 0.29) is 26.5 Å². The first-order chi connectivity index (χ1) is 23.3. The Morgan fingerprint density at radius 2 is 1.55 bits per heavy atom. The molecule has 0 aliphatic heterocycles. The average molecular weight is 818 g/mol. The first-order valence-corrected chi connectivity index (χ1v) is 16.1. The molecule has 0 spiro atoms. The van der Waals surface area contributed by atoms with Crippen molar-refractivity contribution in [3.05, 3.63) is 163 Å². The van der Waals surface area contributed by atoms with Gasteiger partial charge in [-0.05, 0) is 64.4 Å². The molecule has 5 aromatic carbocycles. The number of ether oxygens (including phenoxy) is 1. The topological polar surface area (TPSA) is 35.9 Å². The van der Waals surface area contributed by atoms with Gasteiger partial charge in [0.1, 0.15) is 5.82 Å². The molecule has 0 saturated carbocycles. The minimum absolute atomic E-state index is 0. The largest absolute Gasteiger partial charge is 0.510 e. The normalized spacial score (nSPS) is 11.5. The van der Waals surface area contributed by atoms with Crippen molar-refractivity contribution in [3.63, 3.8) is 0 Å². The number of rotatable bonds is 6. The van der Waals surface area contributed by atoms with E-state index in [1.54, 1.807) is 0 Å². The van der Waals surface area contributed by atoms with Crippen molar-refractivity contribution in [1.82, 2.24) is 14.1 Å². The van der Waals surface area contributed by atoms with Gasteiger partial charge in [-0.15, -0.1) is 29.7 Å². The predicted molar refractivity (Wildman–Crippen MR) is 191 cm³/mol. The van der Waals surface area contributed by atoms with Crippen molar-refractivity contribution in [3.8, 4) is 39.8 Å². The summed E-state index contributed by atoms with van der Waals surface area (Å²) in [6.45, 7) is 8.77. The molecule has 0 aliphatic rings. The molecule has 6 heteroatoms. The van der Waals surface area contributed by atoms with Crippen molar-refractivity contribution in [2.24, 2.45) is 0 Å². The number of pyridine rings is 1. The number of aryl methyl sites for hydroxylation is 1. The molecule has 3 heterocycles. The molecule has 0 unspecified atom stereocenters. The number of imidazole rings is 1. The maximum atomic E-state index is 6.42. The van der Waals surface area contributed by atoms with E-state index in [0.29, 0.717) is 11.5 Å². The van der Waals surface area contributed by atoms with Gasteiger partial charge < -0.3 is 13.9 Å². The molecule has 0 atom stereocenters. The molecule has 0 bridgehead atoms. The zero-order valence-electron chi connectivity index (χ0n) is 27.7. The molecule has 49 heavy (non-hydrogen) atoms. The van der Waals surface area contributed by atoms with Crippen molar-refractivity contribution in [2.75, 3.05) is 0 Å². The molecular formula is C43H34N4OPt-2. The molecular weight excluding hydrogens is 784 g/mol. The van der Waals surface area contributed by atoms with Gasteiger partial charge in [0.05, 0.1) is 5.69 Å². The SMILES string of the molecule is Cc1ccc(-[n+]2[c-]n(-c3[c-]c(Oc4[c-]c5c(cc4)c4ccccc4n5-c4cc(C(C)(C)C)ccn4)ccc3)cc2)c(-c2ccccc2)c1.[Pt]. The molecule has 0 N–H and O–H groups in total. The maximum Gasteiger partial charge on any atom is 0.267 e. The summed E-state index contributed by atoms with van der Waals surface area (Å²) < 4.78 is 12.5. The van der Waals surface area contributed by atoms with Gasteiger partial charge in [-0.25, -0.2) is 4.98 Å². The smallest absolute Gasteiger partial charge is 0.267 e. The summed E-state index contributed by atoms with van der Waals surface area (Å²) in [6.07, 6.45) is 9.37. The third-order valence-electron chi connectivity index (χ3n) is 8.71. The molecule has 0 saturated heterocycles. The van der Waals surface area contributed by atoms with Crippen LogP contribution in [0.2, 0.25) is 0 Å². The van der Waals surface area contributed by atoms with Gasteiger partial charge in [0.25, 0.3) is 6.33 Å².